The summed E-state index contributed by atoms with van der Waals surface area (Å²) in [6.07, 6.45) is -4.09. The van der Waals surface area contributed by atoms with Crippen LogP contribution in [-0.4, -0.2) is 80.0 Å². The Hall–Kier alpha value is -2.76. The summed E-state index contributed by atoms with van der Waals surface area (Å²) in [7, 11) is 0. The molecule has 9 nitrogen and oxygen atoms in total. The average molecular weight is 455 g/mol. The van der Waals surface area contributed by atoms with Crippen molar-refractivity contribution in [3.8, 4) is 0 Å². The first kappa shape index (κ1) is 23.9. The minimum Gasteiger partial charge on any atom is -0.353 e. The predicted octanol–water partition coefficient (Wildman–Crippen LogP) is 1.36. The van der Waals surface area contributed by atoms with E-state index < -0.39 is 12.0 Å². The smallest absolute Gasteiger partial charge is 0.353 e. The lowest BCUT2D eigenvalue weighted by Gasteiger charge is -2.34. The highest BCUT2D eigenvalue weighted by Crippen LogP contribution is 2.27. The van der Waals surface area contributed by atoms with E-state index in [4.69, 9.17) is 0 Å². The summed E-state index contributed by atoms with van der Waals surface area (Å²) in [5, 5.41) is 6.39. The first-order valence-electron chi connectivity index (χ1n) is 10.5. The highest BCUT2D eigenvalue weighted by Gasteiger charge is 2.37. The van der Waals surface area contributed by atoms with E-state index in [-0.39, 0.29) is 30.1 Å². The number of amides is 2. The Kier molecular flexibility index (Phi) is 7.01. The van der Waals surface area contributed by atoms with Gasteiger partial charge in [0.15, 0.2) is 0 Å². The highest BCUT2D eigenvalue weighted by atomic mass is 19.4. The van der Waals surface area contributed by atoms with Crippen LogP contribution in [0.1, 0.15) is 43.0 Å². The second kappa shape index (κ2) is 9.39. The van der Waals surface area contributed by atoms with Gasteiger partial charge in [0.25, 0.3) is 11.6 Å². The Bertz CT molecular complexity index is 995. The van der Waals surface area contributed by atoms with Crippen molar-refractivity contribution in [3.05, 3.63) is 22.8 Å². The SMILES string of the molecule is Cc1nc2nc(C(F)(F)F)nn2c(C)c1CCC(=O)N1CCN(CC(=O)NC(C)C)CC1. The molecule has 1 saturated heterocycles. The van der Waals surface area contributed by atoms with Crippen molar-refractivity contribution in [3.63, 3.8) is 0 Å². The molecule has 1 aliphatic rings. The van der Waals surface area contributed by atoms with E-state index in [1.807, 2.05) is 18.7 Å². The number of carbonyl (C=O) groups excluding carboxylic acids is 2. The van der Waals surface area contributed by atoms with Gasteiger partial charge >= 0.3 is 6.18 Å². The summed E-state index contributed by atoms with van der Waals surface area (Å²) in [6, 6.07) is 0.0866. The van der Waals surface area contributed by atoms with Crippen molar-refractivity contribution in [2.45, 2.75) is 52.8 Å². The lowest BCUT2D eigenvalue weighted by molar-refractivity contribution is -0.144. The van der Waals surface area contributed by atoms with Crippen LogP contribution in [0.4, 0.5) is 13.2 Å². The number of rotatable bonds is 6. The molecule has 3 heterocycles. The molecule has 0 radical (unpaired) electrons. The summed E-state index contributed by atoms with van der Waals surface area (Å²) in [6.45, 7) is 9.74. The number of hydrogen-bond donors (Lipinski definition) is 1. The number of nitrogens with one attached hydrogen (secondary N) is 1. The molecule has 0 atom stereocenters. The molecule has 1 N–H and O–H groups in total. The quantitative estimate of drug-likeness (QED) is 0.707. The monoisotopic (exact) mass is 455 g/mol. The predicted molar refractivity (Wildman–Crippen MR) is 110 cm³/mol. The van der Waals surface area contributed by atoms with Gasteiger partial charge < -0.3 is 10.2 Å². The van der Waals surface area contributed by atoms with Crippen LogP contribution in [0.25, 0.3) is 5.78 Å². The molecule has 12 heteroatoms. The van der Waals surface area contributed by atoms with Gasteiger partial charge in [-0.3, -0.25) is 14.5 Å². The number of halogens is 3. The topological polar surface area (TPSA) is 95.7 Å². The number of fused-ring (bicyclic) bond motifs is 1. The molecule has 1 fully saturated rings. The van der Waals surface area contributed by atoms with E-state index >= 15 is 0 Å². The zero-order valence-corrected chi connectivity index (χ0v) is 18.7. The first-order valence-corrected chi connectivity index (χ1v) is 10.5. The Balaban J connectivity index is 1.59. The lowest BCUT2D eigenvalue weighted by Crippen LogP contribution is -2.51. The molecule has 0 unspecified atom stereocenters. The fourth-order valence-electron chi connectivity index (χ4n) is 3.81. The van der Waals surface area contributed by atoms with Crippen LogP contribution in [0.5, 0.6) is 0 Å². The molecule has 1 aliphatic heterocycles. The summed E-state index contributed by atoms with van der Waals surface area (Å²) in [4.78, 5) is 36.0. The van der Waals surface area contributed by atoms with Gasteiger partial charge in [0.1, 0.15) is 0 Å². The summed E-state index contributed by atoms with van der Waals surface area (Å²) < 4.78 is 39.9. The normalized spacial score (nSPS) is 15.6. The third kappa shape index (κ3) is 5.53. The Morgan fingerprint density at radius 3 is 2.34 bits per heavy atom. The summed E-state index contributed by atoms with van der Waals surface area (Å²) in [5.74, 6) is -1.42. The fourth-order valence-corrected chi connectivity index (χ4v) is 3.81. The highest BCUT2D eigenvalue weighted by molar-refractivity contribution is 5.78. The Morgan fingerprint density at radius 2 is 1.75 bits per heavy atom. The minimum atomic E-state index is -4.65. The van der Waals surface area contributed by atoms with E-state index in [0.29, 0.717) is 56.1 Å². The average Bonchev–Trinajstić information content (AvgIpc) is 3.12. The lowest BCUT2D eigenvalue weighted by atomic mass is 10.1. The van der Waals surface area contributed by atoms with Crippen LogP contribution < -0.4 is 5.32 Å². The van der Waals surface area contributed by atoms with Crippen LogP contribution in [0.15, 0.2) is 0 Å². The van der Waals surface area contributed by atoms with Crippen LogP contribution in [0, 0.1) is 13.8 Å². The van der Waals surface area contributed by atoms with Crippen molar-refractivity contribution < 1.29 is 22.8 Å². The molecule has 2 aromatic rings. The van der Waals surface area contributed by atoms with Crippen LogP contribution >= 0.6 is 0 Å². The maximum absolute atomic E-state index is 12.9. The van der Waals surface area contributed by atoms with Gasteiger partial charge in [0.2, 0.25) is 11.8 Å². The molecule has 2 amide bonds. The van der Waals surface area contributed by atoms with Gasteiger partial charge in [-0.25, -0.2) is 9.50 Å². The molecule has 0 spiro atoms. The number of alkyl halides is 3. The van der Waals surface area contributed by atoms with Gasteiger partial charge in [-0.2, -0.15) is 18.2 Å². The van der Waals surface area contributed by atoms with Crippen molar-refractivity contribution in [2.24, 2.45) is 0 Å². The molecule has 32 heavy (non-hydrogen) atoms. The van der Waals surface area contributed by atoms with Crippen molar-refractivity contribution in [1.29, 1.82) is 0 Å². The largest absolute Gasteiger partial charge is 0.453 e. The fraction of sp³-hybridized carbons (Fsp3) is 0.650. The Morgan fingerprint density at radius 1 is 1.09 bits per heavy atom. The van der Waals surface area contributed by atoms with Crippen LogP contribution in [0.3, 0.4) is 0 Å². The molecule has 0 bridgehead atoms. The Labute approximate surface area is 184 Å². The molecular weight excluding hydrogens is 427 g/mol. The van der Waals surface area contributed by atoms with E-state index in [2.05, 4.69) is 20.4 Å². The van der Waals surface area contributed by atoms with Crippen LogP contribution in [-0.2, 0) is 22.2 Å². The molecular formula is C20H28F3N7O2. The zero-order valence-electron chi connectivity index (χ0n) is 18.7. The van der Waals surface area contributed by atoms with Crippen molar-refractivity contribution >= 4 is 17.6 Å². The minimum absolute atomic E-state index is 0.0320. The third-order valence-corrected chi connectivity index (χ3v) is 5.43. The van der Waals surface area contributed by atoms with Crippen molar-refractivity contribution in [1.82, 2.24) is 34.7 Å². The molecule has 3 rings (SSSR count). The molecule has 0 saturated carbocycles. The number of hydrogen-bond acceptors (Lipinski definition) is 6. The van der Waals surface area contributed by atoms with E-state index in [9.17, 15) is 22.8 Å². The van der Waals surface area contributed by atoms with E-state index in [0.717, 1.165) is 4.52 Å². The summed E-state index contributed by atoms with van der Waals surface area (Å²) in [5.41, 5.74) is 1.71. The van der Waals surface area contributed by atoms with Crippen LogP contribution in [0.2, 0.25) is 0 Å². The number of piperazine rings is 1. The third-order valence-electron chi connectivity index (χ3n) is 5.43. The maximum atomic E-state index is 12.9. The molecule has 0 aromatic carbocycles. The second-order valence-corrected chi connectivity index (χ2v) is 8.29. The molecule has 2 aromatic heterocycles. The maximum Gasteiger partial charge on any atom is 0.453 e. The van der Waals surface area contributed by atoms with E-state index in [1.54, 1.807) is 18.7 Å². The van der Waals surface area contributed by atoms with Gasteiger partial charge in [0, 0.05) is 50.0 Å². The summed E-state index contributed by atoms with van der Waals surface area (Å²) >= 11 is 0. The van der Waals surface area contributed by atoms with Gasteiger partial charge in [0.05, 0.1) is 6.54 Å². The van der Waals surface area contributed by atoms with E-state index in [1.165, 1.54) is 0 Å². The number of aromatic nitrogens is 4. The first-order chi connectivity index (χ1) is 15.0. The van der Waals surface area contributed by atoms with Gasteiger partial charge in [-0.05, 0) is 39.7 Å². The van der Waals surface area contributed by atoms with Crippen molar-refractivity contribution in [2.75, 3.05) is 32.7 Å². The standard InChI is InChI=1S/C20H28F3N7O2/c1-12(2)24-16(31)11-28-7-9-29(10-8-28)17(32)6-5-15-13(3)25-19-26-18(20(21,22)23)27-30(19)14(15)4/h12H,5-11H2,1-4H3,(H,24,31). The zero-order chi connectivity index (χ0) is 23.6. The number of nitrogens with zero attached hydrogens (tertiary/aromatic N) is 6. The molecule has 176 valence electrons. The van der Waals surface area contributed by atoms with Gasteiger partial charge in [-0.15, -0.1) is 5.10 Å². The number of carbonyl (C=O) groups is 2. The molecule has 0 aliphatic carbocycles. The van der Waals surface area contributed by atoms with Gasteiger partial charge in [-0.1, -0.05) is 0 Å². The number of aryl methyl sites for hydroxylation is 2. The second-order valence-electron chi connectivity index (χ2n) is 8.29.